The van der Waals surface area contributed by atoms with Crippen LogP contribution in [-0.2, 0) is 0 Å². The zero-order valence-electron chi connectivity index (χ0n) is 14.0. The summed E-state index contributed by atoms with van der Waals surface area (Å²) in [6.45, 7) is 0. The number of methoxy groups -OCH3 is 1. The van der Waals surface area contributed by atoms with Crippen LogP contribution in [0.3, 0.4) is 0 Å². The van der Waals surface area contributed by atoms with Gasteiger partial charge >= 0.3 is 0 Å². The van der Waals surface area contributed by atoms with Crippen LogP contribution in [0.15, 0.2) is 71.6 Å². The fourth-order valence-corrected chi connectivity index (χ4v) is 3.18. The van der Waals surface area contributed by atoms with Gasteiger partial charge in [-0.05, 0) is 36.4 Å². The summed E-state index contributed by atoms with van der Waals surface area (Å²) in [7, 11) is 1.65. The van der Waals surface area contributed by atoms with Gasteiger partial charge in [-0.3, -0.25) is 4.98 Å². The average Bonchev–Trinajstić information content (AvgIpc) is 2.68. The molecule has 0 aliphatic rings. The highest BCUT2D eigenvalue weighted by Crippen LogP contribution is 2.35. The number of rotatable bonds is 4. The molecule has 4 aromatic rings. The molecule has 1 N–H and O–H groups in total. The van der Waals surface area contributed by atoms with Crippen molar-refractivity contribution in [3.63, 3.8) is 0 Å². The molecule has 2 heterocycles. The summed E-state index contributed by atoms with van der Waals surface area (Å²) in [5.74, 6) is 1.45. The van der Waals surface area contributed by atoms with Gasteiger partial charge in [-0.15, -0.1) is 0 Å². The number of hydrogen-bond donors (Lipinski definition) is 1. The molecular formula is C20H15BrN4O. The molecule has 0 unspecified atom stereocenters. The first-order valence-corrected chi connectivity index (χ1v) is 8.80. The zero-order chi connectivity index (χ0) is 17.9. The molecule has 5 nitrogen and oxygen atoms in total. The lowest BCUT2D eigenvalue weighted by molar-refractivity contribution is 0.417. The van der Waals surface area contributed by atoms with Crippen LogP contribution < -0.4 is 10.1 Å². The first-order chi connectivity index (χ1) is 12.7. The van der Waals surface area contributed by atoms with Crippen molar-refractivity contribution < 1.29 is 4.74 Å². The van der Waals surface area contributed by atoms with Crippen LogP contribution in [0.1, 0.15) is 0 Å². The van der Waals surface area contributed by atoms with Crippen molar-refractivity contribution in [1.82, 2.24) is 15.0 Å². The molecular weight excluding hydrogens is 392 g/mol. The van der Waals surface area contributed by atoms with Crippen molar-refractivity contribution in [3.05, 3.63) is 71.6 Å². The van der Waals surface area contributed by atoms with Gasteiger partial charge in [0, 0.05) is 33.4 Å². The molecule has 26 heavy (non-hydrogen) atoms. The van der Waals surface area contributed by atoms with E-state index in [4.69, 9.17) is 4.74 Å². The molecule has 0 radical (unpaired) electrons. The highest BCUT2D eigenvalue weighted by molar-refractivity contribution is 9.10. The van der Waals surface area contributed by atoms with Crippen molar-refractivity contribution >= 4 is 38.3 Å². The fourth-order valence-electron chi connectivity index (χ4n) is 2.78. The van der Waals surface area contributed by atoms with E-state index in [1.807, 2.05) is 54.6 Å². The lowest BCUT2D eigenvalue weighted by atomic mass is 10.1. The van der Waals surface area contributed by atoms with Gasteiger partial charge in [0.1, 0.15) is 17.9 Å². The lowest BCUT2D eigenvalue weighted by Crippen LogP contribution is -1.98. The number of pyridine rings is 1. The summed E-state index contributed by atoms with van der Waals surface area (Å²) in [4.78, 5) is 13.2. The van der Waals surface area contributed by atoms with Crippen LogP contribution in [0.4, 0.5) is 11.5 Å². The molecule has 0 fully saturated rings. The van der Waals surface area contributed by atoms with Crippen LogP contribution in [0.25, 0.3) is 22.2 Å². The van der Waals surface area contributed by atoms with E-state index in [0.29, 0.717) is 0 Å². The molecule has 0 saturated carbocycles. The number of anilines is 2. The van der Waals surface area contributed by atoms with Crippen LogP contribution in [-0.4, -0.2) is 22.1 Å². The third-order valence-corrected chi connectivity index (χ3v) is 4.48. The number of halogens is 1. The fraction of sp³-hybridized carbons (Fsp3) is 0.0500. The minimum Gasteiger partial charge on any atom is -0.496 e. The van der Waals surface area contributed by atoms with E-state index in [9.17, 15) is 0 Å². The Kier molecular flexibility index (Phi) is 4.50. The van der Waals surface area contributed by atoms with Crippen molar-refractivity contribution in [2.75, 3.05) is 12.4 Å². The Morgan fingerprint density at radius 3 is 2.65 bits per heavy atom. The van der Waals surface area contributed by atoms with Crippen LogP contribution in [0.2, 0.25) is 0 Å². The molecule has 0 saturated heterocycles. The normalized spacial score (nSPS) is 10.7. The van der Waals surface area contributed by atoms with E-state index < -0.39 is 0 Å². The lowest BCUT2D eigenvalue weighted by Gasteiger charge is -2.13. The molecule has 2 aromatic heterocycles. The van der Waals surface area contributed by atoms with Crippen LogP contribution >= 0.6 is 15.9 Å². The first-order valence-electron chi connectivity index (χ1n) is 8.01. The van der Waals surface area contributed by atoms with Crippen molar-refractivity contribution in [2.24, 2.45) is 0 Å². The van der Waals surface area contributed by atoms with E-state index in [1.165, 1.54) is 0 Å². The average molecular weight is 407 g/mol. The third-order valence-electron chi connectivity index (χ3n) is 3.98. The van der Waals surface area contributed by atoms with Gasteiger partial charge in [-0.1, -0.05) is 28.1 Å². The number of aromatic nitrogens is 3. The van der Waals surface area contributed by atoms with Gasteiger partial charge in [0.25, 0.3) is 0 Å². The van der Waals surface area contributed by atoms with E-state index in [2.05, 4.69) is 36.2 Å². The summed E-state index contributed by atoms with van der Waals surface area (Å²) >= 11 is 3.49. The largest absolute Gasteiger partial charge is 0.496 e. The molecule has 0 bridgehead atoms. The van der Waals surface area contributed by atoms with E-state index in [1.54, 1.807) is 19.6 Å². The summed E-state index contributed by atoms with van der Waals surface area (Å²) < 4.78 is 6.55. The molecule has 2 aromatic carbocycles. The molecule has 0 aliphatic heterocycles. The second-order valence-electron chi connectivity index (χ2n) is 5.64. The minimum absolute atomic E-state index is 0.725. The first kappa shape index (κ1) is 16.5. The van der Waals surface area contributed by atoms with Gasteiger partial charge in [0.15, 0.2) is 0 Å². The molecule has 0 atom stereocenters. The molecule has 0 aliphatic carbocycles. The molecule has 128 valence electrons. The Bertz CT molecular complexity index is 1070. The topological polar surface area (TPSA) is 59.9 Å². The minimum atomic E-state index is 0.725. The van der Waals surface area contributed by atoms with E-state index in [-0.39, 0.29) is 0 Å². The second-order valence-corrected chi connectivity index (χ2v) is 6.56. The van der Waals surface area contributed by atoms with Crippen molar-refractivity contribution in [1.29, 1.82) is 0 Å². The molecule has 0 amide bonds. The smallest absolute Gasteiger partial charge is 0.141 e. The number of nitrogens with one attached hydrogen (secondary N) is 1. The maximum atomic E-state index is 5.55. The Balaban J connectivity index is 1.87. The molecule has 6 heteroatoms. The van der Waals surface area contributed by atoms with Crippen LogP contribution in [0.5, 0.6) is 5.75 Å². The monoisotopic (exact) mass is 406 g/mol. The van der Waals surface area contributed by atoms with Crippen molar-refractivity contribution in [3.8, 4) is 17.0 Å². The van der Waals surface area contributed by atoms with Crippen molar-refractivity contribution in [2.45, 2.75) is 0 Å². The molecule has 4 rings (SSSR count). The summed E-state index contributed by atoms with van der Waals surface area (Å²) in [6.07, 6.45) is 3.31. The SMILES string of the molecule is COc1cc2ncnc(Nc3cccc(Br)c3)c2cc1-c1ccccn1. The molecule has 0 spiro atoms. The predicted octanol–water partition coefficient (Wildman–Crippen LogP) is 5.21. The summed E-state index contributed by atoms with van der Waals surface area (Å²) in [5.41, 5.74) is 3.47. The Hall–Kier alpha value is -2.99. The Morgan fingerprint density at radius 2 is 1.88 bits per heavy atom. The third kappa shape index (κ3) is 3.23. The van der Waals surface area contributed by atoms with Gasteiger partial charge < -0.3 is 10.1 Å². The Labute approximate surface area is 159 Å². The number of hydrogen-bond acceptors (Lipinski definition) is 5. The maximum absolute atomic E-state index is 5.55. The van der Waals surface area contributed by atoms with E-state index in [0.717, 1.165) is 43.9 Å². The van der Waals surface area contributed by atoms with Gasteiger partial charge in [-0.25, -0.2) is 9.97 Å². The maximum Gasteiger partial charge on any atom is 0.141 e. The number of fused-ring (bicyclic) bond motifs is 1. The van der Waals surface area contributed by atoms with E-state index >= 15 is 0 Å². The van der Waals surface area contributed by atoms with Crippen LogP contribution in [0, 0.1) is 0 Å². The van der Waals surface area contributed by atoms with Gasteiger partial charge in [-0.2, -0.15) is 0 Å². The number of ether oxygens (including phenoxy) is 1. The van der Waals surface area contributed by atoms with Gasteiger partial charge in [0.2, 0.25) is 0 Å². The quantitative estimate of drug-likeness (QED) is 0.504. The zero-order valence-corrected chi connectivity index (χ0v) is 15.6. The summed E-state index contributed by atoms with van der Waals surface area (Å²) in [6, 6.07) is 17.7. The second kappa shape index (κ2) is 7.09. The summed E-state index contributed by atoms with van der Waals surface area (Å²) in [5, 5.41) is 4.26. The van der Waals surface area contributed by atoms with Gasteiger partial charge in [0.05, 0.1) is 18.3 Å². The number of nitrogens with zero attached hydrogens (tertiary/aromatic N) is 3. The number of benzene rings is 2. The predicted molar refractivity (Wildman–Crippen MR) is 107 cm³/mol. The Morgan fingerprint density at radius 1 is 0.962 bits per heavy atom. The highest BCUT2D eigenvalue weighted by atomic mass is 79.9. The highest BCUT2D eigenvalue weighted by Gasteiger charge is 2.13. The standard InChI is InChI=1S/C20H15BrN4O/c1-26-19-11-18-16(10-15(19)17-7-2-3-8-22-17)20(24-12-23-18)25-14-6-4-5-13(21)9-14/h2-12H,1H3,(H,23,24,25).